The van der Waals surface area contributed by atoms with Gasteiger partial charge in [-0.25, -0.2) is 0 Å². The van der Waals surface area contributed by atoms with Crippen LogP contribution in [0.15, 0.2) is 48.8 Å². The van der Waals surface area contributed by atoms with E-state index in [0.717, 1.165) is 36.1 Å². The van der Waals surface area contributed by atoms with Crippen LogP contribution in [-0.2, 0) is 16.0 Å². The highest BCUT2D eigenvalue weighted by Gasteiger charge is 2.44. The molecule has 3 rings (SSSR count). The summed E-state index contributed by atoms with van der Waals surface area (Å²) in [5, 5.41) is 3.14. The molecule has 0 radical (unpaired) electrons. The van der Waals surface area contributed by atoms with Gasteiger partial charge in [-0.05, 0) is 56.2 Å². The van der Waals surface area contributed by atoms with Crippen LogP contribution in [0.1, 0.15) is 52.5 Å². The summed E-state index contributed by atoms with van der Waals surface area (Å²) in [6.45, 7) is 9.29. The van der Waals surface area contributed by atoms with Crippen LogP contribution in [0.5, 0.6) is 0 Å². The Kier molecular flexibility index (Phi) is 7.47. The minimum Gasteiger partial charge on any atom is -0.353 e. The molecule has 166 valence electrons. The Morgan fingerprint density at radius 3 is 2.58 bits per heavy atom. The SMILES string of the molecule is CC(C)CC(=O)N1CCCC(Cc2ccccc2-c2cccnc2)(C(=O)NC(C)C)C1. The summed E-state index contributed by atoms with van der Waals surface area (Å²) < 4.78 is 0. The molecule has 1 aromatic carbocycles. The van der Waals surface area contributed by atoms with E-state index in [2.05, 4.69) is 36.3 Å². The van der Waals surface area contributed by atoms with E-state index in [9.17, 15) is 9.59 Å². The number of rotatable bonds is 7. The topological polar surface area (TPSA) is 62.3 Å². The third-order valence-corrected chi connectivity index (χ3v) is 5.93. The van der Waals surface area contributed by atoms with Gasteiger partial charge in [-0.2, -0.15) is 0 Å². The maximum Gasteiger partial charge on any atom is 0.228 e. The number of pyridine rings is 1. The average molecular weight is 422 g/mol. The molecule has 1 N–H and O–H groups in total. The molecule has 2 amide bonds. The molecule has 1 aromatic heterocycles. The van der Waals surface area contributed by atoms with E-state index in [-0.39, 0.29) is 17.9 Å². The fourth-order valence-corrected chi connectivity index (χ4v) is 4.49. The van der Waals surface area contributed by atoms with Crippen LogP contribution in [0.25, 0.3) is 11.1 Å². The quantitative estimate of drug-likeness (QED) is 0.717. The van der Waals surface area contributed by atoms with Crippen molar-refractivity contribution in [1.82, 2.24) is 15.2 Å². The molecule has 5 heteroatoms. The van der Waals surface area contributed by atoms with Crippen molar-refractivity contribution >= 4 is 11.8 Å². The number of hydrogen-bond acceptors (Lipinski definition) is 3. The van der Waals surface area contributed by atoms with E-state index in [1.807, 2.05) is 49.2 Å². The zero-order chi connectivity index (χ0) is 22.4. The van der Waals surface area contributed by atoms with Gasteiger partial charge in [-0.15, -0.1) is 0 Å². The maximum atomic E-state index is 13.5. The molecule has 5 nitrogen and oxygen atoms in total. The summed E-state index contributed by atoms with van der Waals surface area (Å²) in [5.41, 5.74) is 2.62. The first-order chi connectivity index (χ1) is 14.8. The third kappa shape index (κ3) is 5.72. The molecule has 0 bridgehead atoms. The lowest BCUT2D eigenvalue weighted by Crippen LogP contribution is -2.55. The number of amides is 2. The van der Waals surface area contributed by atoms with E-state index in [0.29, 0.717) is 25.3 Å². The number of aromatic nitrogens is 1. The highest BCUT2D eigenvalue weighted by molar-refractivity contribution is 5.85. The van der Waals surface area contributed by atoms with Crippen molar-refractivity contribution in [3.8, 4) is 11.1 Å². The molecule has 31 heavy (non-hydrogen) atoms. The van der Waals surface area contributed by atoms with Crippen molar-refractivity contribution in [3.05, 3.63) is 54.4 Å². The molecule has 0 saturated carbocycles. The second kappa shape index (κ2) is 10.1. The number of carbonyl (C=O) groups is 2. The smallest absolute Gasteiger partial charge is 0.228 e. The van der Waals surface area contributed by atoms with E-state index in [1.54, 1.807) is 6.20 Å². The molecule has 2 heterocycles. The number of piperidine rings is 1. The van der Waals surface area contributed by atoms with Crippen LogP contribution < -0.4 is 5.32 Å². The van der Waals surface area contributed by atoms with Crippen molar-refractivity contribution in [3.63, 3.8) is 0 Å². The maximum absolute atomic E-state index is 13.5. The number of benzene rings is 1. The average Bonchev–Trinajstić information content (AvgIpc) is 2.74. The van der Waals surface area contributed by atoms with Crippen LogP contribution in [0.2, 0.25) is 0 Å². The molecule has 1 unspecified atom stereocenters. The van der Waals surface area contributed by atoms with Crippen LogP contribution in [0, 0.1) is 11.3 Å². The van der Waals surface area contributed by atoms with Gasteiger partial charge < -0.3 is 10.2 Å². The molecular weight excluding hydrogens is 386 g/mol. The number of hydrogen-bond donors (Lipinski definition) is 1. The Labute approximate surface area is 186 Å². The Morgan fingerprint density at radius 2 is 1.90 bits per heavy atom. The molecule has 1 aliphatic heterocycles. The predicted molar refractivity (Wildman–Crippen MR) is 124 cm³/mol. The minimum absolute atomic E-state index is 0.0468. The van der Waals surface area contributed by atoms with Gasteiger partial charge in [0.05, 0.1) is 5.41 Å². The van der Waals surface area contributed by atoms with Crippen molar-refractivity contribution in [2.45, 2.75) is 59.4 Å². The molecule has 1 saturated heterocycles. The van der Waals surface area contributed by atoms with Crippen LogP contribution in [-0.4, -0.2) is 40.8 Å². The third-order valence-electron chi connectivity index (χ3n) is 5.93. The molecule has 1 aliphatic rings. The van der Waals surface area contributed by atoms with Crippen molar-refractivity contribution in [2.75, 3.05) is 13.1 Å². The number of likely N-dealkylation sites (tertiary alicyclic amines) is 1. The number of nitrogens with one attached hydrogen (secondary N) is 1. The molecular formula is C26H35N3O2. The lowest BCUT2D eigenvalue weighted by molar-refractivity contribution is -0.142. The molecule has 1 atom stereocenters. The summed E-state index contributed by atoms with van der Waals surface area (Å²) in [4.78, 5) is 32.6. The van der Waals surface area contributed by atoms with Crippen molar-refractivity contribution in [2.24, 2.45) is 11.3 Å². The fourth-order valence-electron chi connectivity index (χ4n) is 4.49. The Balaban J connectivity index is 1.96. The van der Waals surface area contributed by atoms with E-state index < -0.39 is 5.41 Å². The molecule has 0 spiro atoms. The largest absolute Gasteiger partial charge is 0.353 e. The van der Waals surface area contributed by atoms with Crippen LogP contribution in [0.4, 0.5) is 0 Å². The Hall–Kier alpha value is -2.69. The van der Waals surface area contributed by atoms with Gasteiger partial charge >= 0.3 is 0 Å². The first kappa shape index (κ1) is 23.0. The highest BCUT2D eigenvalue weighted by atomic mass is 16.2. The number of nitrogens with zero attached hydrogens (tertiary/aromatic N) is 2. The molecule has 2 aromatic rings. The van der Waals surface area contributed by atoms with Gasteiger partial charge in [0.25, 0.3) is 0 Å². The standard InChI is InChI=1S/C26H35N3O2/c1-19(2)15-24(30)29-14-8-12-26(18-29,25(31)28-20(3)4)16-21-9-5-6-11-23(21)22-10-7-13-27-17-22/h5-7,9-11,13,17,19-20H,8,12,14-16,18H2,1-4H3,(H,28,31). The van der Waals surface area contributed by atoms with Gasteiger partial charge in [0.2, 0.25) is 11.8 Å². The van der Waals surface area contributed by atoms with Gasteiger partial charge in [0.1, 0.15) is 0 Å². The first-order valence-corrected chi connectivity index (χ1v) is 11.4. The highest BCUT2D eigenvalue weighted by Crippen LogP contribution is 2.37. The lowest BCUT2D eigenvalue weighted by atomic mass is 9.73. The number of carbonyl (C=O) groups excluding carboxylic acids is 2. The summed E-state index contributed by atoms with van der Waals surface area (Å²) in [6.07, 6.45) is 6.36. The summed E-state index contributed by atoms with van der Waals surface area (Å²) >= 11 is 0. The van der Waals surface area contributed by atoms with Gasteiger partial charge in [-0.1, -0.05) is 44.2 Å². The van der Waals surface area contributed by atoms with E-state index >= 15 is 0 Å². The van der Waals surface area contributed by atoms with Gasteiger partial charge in [-0.3, -0.25) is 14.6 Å². The summed E-state index contributed by atoms with van der Waals surface area (Å²) in [7, 11) is 0. The van der Waals surface area contributed by atoms with E-state index in [1.165, 1.54) is 0 Å². The summed E-state index contributed by atoms with van der Waals surface area (Å²) in [5.74, 6) is 0.502. The van der Waals surface area contributed by atoms with Crippen LogP contribution in [0.3, 0.4) is 0 Å². The normalized spacial score (nSPS) is 19.0. The second-order valence-electron chi connectivity index (χ2n) is 9.50. The van der Waals surface area contributed by atoms with Crippen molar-refractivity contribution < 1.29 is 9.59 Å². The van der Waals surface area contributed by atoms with Gasteiger partial charge in [0.15, 0.2) is 0 Å². The monoisotopic (exact) mass is 421 g/mol. The Morgan fingerprint density at radius 1 is 1.13 bits per heavy atom. The van der Waals surface area contributed by atoms with Crippen LogP contribution >= 0.6 is 0 Å². The fraction of sp³-hybridized carbons (Fsp3) is 0.500. The van der Waals surface area contributed by atoms with Gasteiger partial charge in [0, 0.05) is 43.5 Å². The zero-order valence-corrected chi connectivity index (χ0v) is 19.2. The minimum atomic E-state index is -0.631. The predicted octanol–water partition coefficient (Wildman–Crippen LogP) is 4.47. The second-order valence-corrected chi connectivity index (χ2v) is 9.50. The first-order valence-electron chi connectivity index (χ1n) is 11.4. The zero-order valence-electron chi connectivity index (χ0n) is 19.2. The molecule has 0 aliphatic carbocycles. The Bertz CT molecular complexity index is 895. The molecule has 1 fully saturated rings. The lowest BCUT2D eigenvalue weighted by Gasteiger charge is -2.42. The van der Waals surface area contributed by atoms with E-state index in [4.69, 9.17) is 0 Å². The van der Waals surface area contributed by atoms with Crippen molar-refractivity contribution in [1.29, 1.82) is 0 Å². The summed E-state index contributed by atoms with van der Waals surface area (Å²) in [6, 6.07) is 12.3.